The maximum absolute atomic E-state index is 13.1. The van der Waals surface area contributed by atoms with Crippen molar-refractivity contribution >= 4 is 23.9 Å². The van der Waals surface area contributed by atoms with Crippen LogP contribution in [0, 0.1) is 5.82 Å². The van der Waals surface area contributed by atoms with Crippen LogP contribution < -0.4 is 0 Å². The Morgan fingerprint density at radius 3 is 2.71 bits per heavy atom. The number of ether oxygens (including phenoxy) is 1. The molecule has 0 saturated carbocycles. The van der Waals surface area contributed by atoms with E-state index in [1.807, 2.05) is 0 Å². The van der Waals surface area contributed by atoms with E-state index in [2.05, 4.69) is 4.74 Å². The zero-order valence-electron chi connectivity index (χ0n) is 7.21. The quantitative estimate of drug-likeness (QED) is 0.562. The maximum atomic E-state index is 13.1. The fourth-order valence-corrected chi connectivity index (χ4v) is 1.13. The summed E-state index contributed by atoms with van der Waals surface area (Å²) in [5.74, 6) is -1.66. The first-order valence-electron chi connectivity index (χ1n) is 3.62. The molecule has 0 aliphatic carbocycles. The van der Waals surface area contributed by atoms with E-state index >= 15 is 0 Å². The van der Waals surface area contributed by atoms with Crippen molar-refractivity contribution in [3.63, 3.8) is 0 Å². The molecular weight excluding hydrogens is 211 g/mol. The summed E-state index contributed by atoms with van der Waals surface area (Å²) >= 11 is 5.60. The third-order valence-electron chi connectivity index (χ3n) is 1.62. The summed E-state index contributed by atoms with van der Waals surface area (Å²) in [7, 11) is 1.13. The minimum absolute atomic E-state index is 0.00294. The molecule has 0 radical (unpaired) electrons. The summed E-state index contributed by atoms with van der Waals surface area (Å²) < 4.78 is 17.5. The molecule has 0 bridgehead atoms. The molecule has 0 unspecified atom stereocenters. The van der Waals surface area contributed by atoms with Crippen LogP contribution in [0.2, 0.25) is 5.02 Å². The van der Waals surface area contributed by atoms with E-state index in [-0.39, 0.29) is 16.1 Å². The highest BCUT2D eigenvalue weighted by Gasteiger charge is 2.14. The zero-order valence-corrected chi connectivity index (χ0v) is 7.97. The highest BCUT2D eigenvalue weighted by Crippen LogP contribution is 2.19. The monoisotopic (exact) mass is 216 g/mol. The summed E-state index contributed by atoms with van der Waals surface area (Å²) in [6.07, 6.45) is 0.409. The van der Waals surface area contributed by atoms with Gasteiger partial charge in [0.2, 0.25) is 0 Å². The van der Waals surface area contributed by atoms with Crippen LogP contribution in [0.4, 0.5) is 4.39 Å². The van der Waals surface area contributed by atoms with Gasteiger partial charge in [0.1, 0.15) is 5.82 Å². The lowest BCUT2D eigenvalue weighted by molar-refractivity contribution is 0.0595. The van der Waals surface area contributed by atoms with Crippen LogP contribution in [-0.4, -0.2) is 19.4 Å². The van der Waals surface area contributed by atoms with Gasteiger partial charge in [-0.2, -0.15) is 0 Å². The first kappa shape index (κ1) is 10.7. The first-order valence-corrected chi connectivity index (χ1v) is 4.00. The van der Waals surface area contributed by atoms with E-state index in [9.17, 15) is 14.0 Å². The molecule has 0 atom stereocenters. The Labute approximate surface area is 84.4 Å². The van der Waals surface area contributed by atoms with Crippen molar-refractivity contribution in [3.05, 3.63) is 34.1 Å². The SMILES string of the molecule is COC(=O)c1cc(Cl)c(C=O)cc1F. The Morgan fingerprint density at radius 1 is 1.57 bits per heavy atom. The first-order chi connectivity index (χ1) is 6.60. The summed E-state index contributed by atoms with van der Waals surface area (Å²) in [6.45, 7) is 0. The number of carbonyl (C=O) groups is 2. The third kappa shape index (κ3) is 1.90. The lowest BCUT2D eigenvalue weighted by Gasteiger charge is -2.03. The number of halogens is 2. The van der Waals surface area contributed by atoms with Crippen molar-refractivity contribution in [1.82, 2.24) is 0 Å². The molecule has 0 aromatic heterocycles. The molecule has 0 heterocycles. The Hall–Kier alpha value is -1.42. The lowest BCUT2D eigenvalue weighted by Crippen LogP contribution is -2.05. The van der Waals surface area contributed by atoms with E-state index < -0.39 is 11.8 Å². The number of aldehydes is 1. The number of hydrogen-bond donors (Lipinski definition) is 0. The highest BCUT2D eigenvalue weighted by atomic mass is 35.5. The van der Waals surface area contributed by atoms with Gasteiger partial charge in [0.05, 0.1) is 17.7 Å². The van der Waals surface area contributed by atoms with E-state index in [1.165, 1.54) is 0 Å². The number of rotatable bonds is 2. The number of benzene rings is 1. The normalized spacial score (nSPS) is 9.64. The largest absolute Gasteiger partial charge is 0.465 e. The highest BCUT2D eigenvalue weighted by molar-refractivity contribution is 6.33. The molecule has 0 aliphatic rings. The minimum Gasteiger partial charge on any atom is -0.465 e. The summed E-state index contributed by atoms with van der Waals surface area (Å²) in [6, 6.07) is 1.95. The standard InChI is InChI=1S/C9H6ClFO3/c1-14-9(13)6-3-7(10)5(4-12)2-8(6)11/h2-4H,1H3. The van der Waals surface area contributed by atoms with Gasteiger partial charge >= 0.3 is 5.97 Å². The predicted octanol–water partition coefficient (Wildman–Crippen LogP) is 2.08. The van der Waals surface area contributed by atoms with Crippen LogP contribution in [0.25, 0.3) is 0 Å². The third-order valence-corrected chi connectivity index (χ3v) is 1.95. The molecule has 0 amide bonds. The fourth-order valence-electron chi connectivity index (χ4n) is 0.919. The van der Waals surface area contributed by atoms with Crippen molar-refractivity contribution in [1.29, 1.82) is 0 Å². The molecule has 0 saturated heterocycles. The summed E-state index contributed by atoms with van der Waals surface area (Å²) in [5, 5.41) is 0.0156. The van der Waals surface area contributed by atoms with Crippen LogP contribution in [0.15, 0.2) is 12.1 Å². The molecule has 1 rings (SSSR count). The smallest absolute Gasteiger partial charge is 0.340 e. The van der Waals surface area contributed by atoms with E-state index in [1.54, 1.807) is 0 Å². The van der Waals surface area contributed by atoms with Gasteiger partial charge in [-0.1, -0.05) is 11.6 Å². The van der Waals surface area contributed by atoms with Crippen LogP contribution >= 0.6 is 11.6 Å². The van der Waals surface area contributed by atoms with Gasteiger partial charge in [-0.25, -0.2) is 9.18 Å². The molecule has 5 heteroatoms. The topological polar surface area (TPSA) is 43.4 Å². The molecule has 1 aromatic rings. The molecule has 14 heavy (non-hydrogen) atoms. The number of esters is 1. The Kier molecular flexibility index (Phi) is 3.19. The maximum Gasteiger partial charge on any atom is 0.340 e. The van der Waals surface area contributed by atoms with Crippen LogP contribution in [0.3, 0.4) is 0 Å². The molecule has 0 fully saturated rings. The van der Waals surface area contributed by atoms with E-state index in [0.717, 1.165) is 19.2 Å². The molecule has 1 aromatic carbocycles. The second-order valence-electron chi connectivity index (χ2n) is 2.46. The Balaban J connectivity index is 3.28. The van der Waals surface area contributed by atoms with Crippen molar-refractivity contribution in [2.75, 3.05) is 7.11 Å². The van der Waals surface area contributed by atoms with Crippen molar-refractivity contribution in [2.24, 2.45) is 0 Å². The molecule has 0 spiro atoms. The van der Waals surface area contributed by atoms with Gasteiger partial charge in [-0.3, -0.25) is 4.79 Å². The average molecular weight is 217 g/mol. The van der Waals surface area contributed by atoms with Gasteiger partial charge in [-0.05, 0) is 12.1 Å². The minimum atomic E-state index is -0.832. The Bertz CT molecular complexity index is 390. The van der Waals surface area contributed by atoms with Crippen molar-refractivity contribution in [2.45, 2.75) is 0 Å². The van der Waals surface area contributed by atoms with Crippen LogP contribution in [-0.2, 0) is 4.74 Å². The van der Waals surface area contributed by atoms with Crippen molar-refractivity contribution in [3.8, 4) is 0 Å². The number of hydrogen-bond acceptors (Lipinski definition) is 3. The summed E-state index contributed by atoms with van der Waals surface area (Å²) in [5.41, 5.74) is -0.292. The number of methoxy groups -OCH3 is 1. The van der Waals surface area contributed by atoms with Crippen molar-refractivity contribution < 1.29 is 18.7 Å². The van der Waals surface area contributed by atoms with Gasteiger partial charge in [-0.15, -0.1) is 0 Å². The molecule has 0 N–H and O–H groups in total. The molecule has 74 valence electrons. The van der Waals surface area contributed by atoms with Gasteiger partial charge in [0.15, 0.2) is 6.29 Å². The predicted molar refractivity (Wildman–Crippen MR) is 48.1 cm³/mol. The lowest BCUT2D eigenvalue weighted by atomic mass is 10.1. The Morgan fingerprint density at radius 2 is 2.21 bits per heavy atom. The second kappa shape index (κ2) is 4.19. The molecular formula is C9H6ClFO3. The van der Waals surface area contributed by atoms with Gasteiger partial charge in [0.25, 0.3) is 0 Å². The average Bonchev–Trinajstić information content (AvgIpc) is 2.19. The second-order valence-corrected chi connectivity index (χ2v) is 2.87. The van der Waals surface area contributed by atoms with E-state index in [0.29, 0.717) is 6.29 Å². The fraction of sp³-hybridized carbons (Fsp3) is 0.111. The number of carbonyl (C=O) groups excluding carboxylic acids is 2. The van der Waals surface area contributed by atoms with Gasteiger partial charge < -0.3 is 4.74 Å². The van der Waals surface area contributed by atoms with Gasteiger partial charge in [0, 0.05) is 5.56 Å². The zero-order chi connectivity index (χ0) is 10.7. The molecule has 0 aliphatic heterocycles. The summed E-state index contributed by atoms with van der Waals surface area (Å²) in [4.78, 5) is 21.3. The molecule has 3 nitrogen and oxygen atoms in total. The van der Waals surface area contributed by atoms with E-state index in [4.69, 9.17) is 11.6 Å². The van der Waals surface area contributed by atoms with Crippen LogP contribution in [0.5, 0.6) is 0 Å². The van der Waals surface area contributed by atoms with Crippen LogP contribution in [0.1, 0.15) is 20.7 Å².